The number of amides is 1. The summed E-state index contributed by atoms with van der Waals surface area (Å²) in [6, 6.07) is 5.85. The number of nitrogens with two attached hydrogens (primary N) is 1. The van der Waals surface area contributed by atoms with Crippen LogP contribution in [0.4, 0.5) is 0 Å². The van der Waals surface area contributed by atoms with Gasteiger partial charge in [-0.2, -0.15) is 0 Å². The Hall–Kier alpha value is -1.11. The Kier molecular flexibility index (Phi) is 7.32. The largest absolute Gasteiger partial charge is 0.486 e. The van der Waals surface area contributed by atoms with Crippen LogP contribution < -0.4 is 20.5 Å². The number of hydrogen-bond acceptors (Lipinski definition) is 5. The molecule has 0 saturated heterocycles. The Morgan fingerprint density at radius 1 is 1.32 bits per heavy atom. The summed E-state index contributed by atoms with van der Waals surface area (Å²) in [6.07, 6.45) is 0.467. The monoisotopic (exact) mass is 346 g/mol. The molecule has 1 aliphatic heterocycles. The van der Waals surface area contributed by atoms with E-state index < -0.39 is 0 Å². The molecule has 22 heavy (non-hydrogen) atoms. The minimum atomic E-state index is -0.376. The molecule has 0 spiro atoms. The van der Waals surface area contributed by atoms with E-state index in [9.17, 15) is 4.79 Å². The fraction of sp³-hybridized carbons (Fsp3) is 0.533. The first-order chi connectivity index (χ1) is 9.94. The first kappa shape index (κ1) is 18.9. The number of carbonyl (C=O) groups is 1. The number of halogens is 1. The van der Waals surface area contributed by atoms with E-state index in [-0.39, 0.29) is 23.9 Å². The van der Waals surface area contributed by atoms with Gasteiger partial charge in [-0.15, -0.1) is 24.2 Å². The standard InChI is InChI=1S/C15H22N2O3S.ClH/c1-15(2,16)10-17-14(18)5-8-21-11-3-4-12-13(9-11)20-7-6-19-12;/h3-4,9H,5-8,10,16H2,1-2H3,(H,17,18);1H. The van der Waals surface area contributed by atoms with Gasteiger partial charge < -0.3 is 20.5 Å². The molecular formula is C15H23ClN2O3S. The van der Waals surface area contributed by atoms with E-state index in [0.717, 1.165) is 22.1 Å². The molecule has 1 heterocycles. The highest BCUT2D eigenvalue weighted by Gasteiger charge is 2.13. The quantitative estimate of drug-likeness (QED) is 0.773. The van der Waals surface area contributed by atoms with Crippen molar-refractivity contribution in [2.45, 2.75) is 30.7 Å². The Labute approximate surface area is 141 Å². The maximum atomic E-state index is 11.7. The molecule has 124 valence electrons. The van der Waals surface area contributed by atoms with Crippen molar-refractivity contribution in [3.05, 3.63) is 18.2 Å². The minimum absolute atomic E-state index is 0. The molecule has 0 saturated carbocycles. The molecule has 0 aliphatic carbocycles. The summed E-state index contributed by atoms with van der Waals surface area (Å²) >= 11 is 1.63. The highest BCUT2D eigenvalue weighted by Crippen LogP contribution is 2.34. The number of hydrogen-bond donors (Lipinski definition) is 2. The molecule has 0 radical (unpaired) electrons. The van der Waals surface area contributed by atoms with E-state index >= 15 is 0 Å². The summed E-state index contributed by atoms with van der Waals surface area (Å²) in [5, 5.41) is 2.84. The van der Waals surface area contributed by atoms with E-state index in [4.69, 9.17) is 15.2 Å². The van der Waals surface area contributed by atoms with Gasteiger partial charge in [0.05, 0.1) is 0 Å². The van der Waals surface area contributed by atoms with Crippen LogP contribution >= 0.6 is 24.2 Å². The lowest BCUT2D eigenvalue weighted by molar-refractivity contribution is -0.120. The van der Waals surface area contributed by atoms with Crippen LogP contribution in [0.2, 0.25) is 0 Å². The number of ether oxygens (including phenoxy) is 2. The lowest BCUT2D eigenvalue weighted by Crippen LogP contribution is -2.45. The SMILES string of the molecule is CC(C)(N)CNC(=O)CCSc1ccc2c(c1)OCCO2.Cl. The van der Waals surface area contributed by atoms with Crippen LogP contribution in [0.15, 0.2) is 23.1 Å². The van der Waals surface area contributed by atoms with Crippen LogP contribution in [-0.4, -0.2) is 37.0 Å². The summed E-state index contributed by atoms with van der Waals surface area (Å²) in [6.45, 7) is 5.44. The van der Waals surface area contributed by atoms with Gasteiger partial charge >= 0.3 is 0 Å². The second-order valence-corrected chi connectivity index (χ2v) is 6.84. The van der Waals surface area contributed by atoms with Crippen molar-refractivity contribution in [3.63, 3.8) is 0 Å². The van der Waals surface area contributed by atoms with Gasteiger partial charge in [-0.25, -0.2) is 0 Å². The number of nitrogens with one attached hydrogen (secondary N) is 1. The highest BCUT2D eigenvalue weighted by atomic mass is 35.5. The van der Waals surface area contributed by atoms with Gasteiger partial charge in [-0.3, -0.25) is 4.79 Å². The minimum Gasteiger partial charge on any atom is -0.486 e. The number of benzene rings is 1. The molecule has 3 N–H and O–H groups in total. The van der Waals surface area contributed by atoms with E-state index in [1.807, 2.05) is 32.0 Å². The summed E-state index contributed by atoms with van der Waals surface area (Å²) in [4.78, 5) is 12.8. The second-order valence-electron chi connectivity index (χ2n) is 5.67. The van der Waals surface area contributed by atoms with Crippen molar-refractivity contribution in [2.24, 2.45) is 5.73 Å². The van der Waals surface area contributed by atoms with Crippen molar-refractivity contribution in [1.82, 2.24) is 5.32 Å². The number of fused-ring (bicyclic) bond motifs is 1. The van der Waals surface area contributed by atoms with Crippen LogP contribution in [-0.2, 0) is 4.79 Å². The molecule has 1 aromatic rings. The first-order valence-electron chi connectivity index (χ1n) is 7.02. The first-order valence-corrected chi connectivity index (χ1v) is 8.01. The van der Waals surface area contributed by atoms with E-state index in [0.29, 0.717) is 26.2 Å². The predicted octanol–water partition coefficient (Wildman–Crippen LogP) is 2.22. The summed E-state index contributed by atoms with van der Waals surface area (Å²) < 4.78 is 11.0. The van der Waals surface area contributed by atoms with E-state index in [1.165, 1.54) is 0 Å². The van der Waals surface area contributed by atoms with Gasteiger partial charge in [0.15, 0.2) is 11.5 Å². The number of thioether (sulfide) groups is 1. The van der Waals surface area contributed by atoms with Gasteiger partial charge in [0.25, 0.3) is 0 Å². The van der Waals surface area contributed by atoms with Crippen molar-refractivity contribution in [2.75, 3.05) is 25.5 Å². The summed E-state index contributed by atoms with van der Waals surface area (Å²) in [5.74, 6) is 2.31. The third kappa shape index (κ3) is 6.34. The zero-order chi connectivity index (χ0) is 15.3. The number of rotatable bonds is 6. The molecule has 7 heteroatoms. The molecule has 5 nitrogen and oxygen atoms in total. The van der Waals surface area contributed by atoms with Crippen LogP contribution in [0.25, 0.3) is 0 Å². The second kappa shape index (κ2) is 8.50. The molecule has 1 amide bonds. The maximum Gasteiger partial charge on any atom is 0.220 e. The third-order valence-electron chi connectivity index (χ3n) is 2.85. The molecule has 1 aromatic carbocycles. The average molecular weight is 347 g/mol. The van der Waals surface area contributed by atoms with E-state index in [2.05, 4.69) is 5.32 Å². The molecule has 0 unspecified atom stereocenters. The maximum absolute atomic E-state index is 11.7. The third-order valence-corrected chi connectivity index (χ3v) is 3.85. The van der Waals surface area contributed by atoms with Crippen molar-refractivity contribution < 1.29 is 14.3 Å². The van der Waals surface area contributed by atoms with Crippen molar-refractivity contribution in [3.8, 4) is 11.5 Å². The highest BCUT2D eigenvalue weighted by molar-refractivity contribution is 7.99. The summed E-state index contributed by atoms with van der Waals surface area (Å²) in [7, 11) is 0. The fourth-order valence-corrected chi connectivity index (χ4v) is 2.67. The van der Waals surface area contributed by atoms with Gasteiger partial charge in [0.1, 0.15) is 13.2 Å². The van der Waals surface area contributed by atoms with Gasteiger partial charge in [-0.1, -0.05) is 0 Å². The lowest BCUT2D eigenvalue weighted by atomic mass is 10.1. The smallest absolute Gasteiger partial charge is 0.220 e. The number of carbonyl (C=O) groups excluding carboxylic acids is 1. The van der Waals surface area contributed by atoms with Crippen molar-refractivity contribution in [1.29, 1.82) is 0 Å². The zero-order valence-electron chi connectivity index (χ0n) is 12.9. The van der Waals surface area contributed by atoms with E-state index in [1.54, 1.807) is 11.8 Å². The fourth-order valence-electron chi connectivity index (χ4n) is 1.79. The Morgan fingerprint density at radius 2 is 2.00 bits per heavy atom. The molecule has 2 rings (SSSR count). The molecule has 0 bridgehead atoms. The Bertz CT molecular complexity index is 506. The molecule has 0 aromatic heterocycles. The Morgan fingerprint density at radius 3 is 2.68 bits per heavy atom. The Balaban J connectivity index is 0.00000242. The molecule has 1 aliphatic rings. The van der Waals surface area contributed by atoms with Crippen molar-refractivity contribution >= 4 is 30.1 Å². The molecular weight excluding hydrogens is 324 g/mol. The molecule has 0 fully saturated rings. The lowest BCUT2D eigenvalue weighted by Gasteiger charge is -2.19. The van der Waals surface area contributed by atoms with Gasteiger partial charge in [0.2, 0.25) is 5.91 Å². The predicted molar refractivity (Wildman–Crippen MR) is 91.3 cm³/mol. The average Bonchev–Trinajstić information content (AvgIpc) is 2.44. The van der Waals surface area contributed by atoms with Gasteiger partial charge in [-0.05, 0) is 32.0 Å². The molecule has 0 atom stereocenters. The van der Waals surface area contributed by atoms with Crippen LogP contribution in [0, 0.1) is 0 Å². The van der Waals surface area contributed by atoms with Crippen LogP contribution in [0.5, 0.6) is 11.5 Å². The van der Waals surface area contributed by atoms with Gasteiger partial charge in [0, 0.05) is 29.2 Å². The van der Waals surface area contributed by atoms with Crippen LogP contribution in [0.3, 0.4) is 0 Å². The zero-order valence-corrected chi connectivity index (χ0v) is 14.5. The summed E-state index contributed by atoms with van der Waals surface area (Å²) in [5.41, 5.74) is 5.45. The topological polar surface area (TPSA) is 73.6 Å². The normalized spacial score (nSPS) is 13.2. The van der Waals surface area contributed by atoms with Crippen LogP contribution in [0.1, 0.15) is 20.3 Å².